The summed E-state index contributed by atoms with van der Waals surface area (Å²) in [5.74, 6) is -1.32. The quantitative estimate of drug-likeness (QED) is 0.430. The Morgan fingerprint density at radius 3 is 2.39 bits per heavy atom. The Bertz CT molecular complexity index is 870. The number of esters is 1. The summed E-state index contributed by atoms with van der Waals surface area (Å²) in [7, 11) is 1.19. The number of aromatic nitrogens is 1. The second-order valence-corrected chi connectivity index (χ2v) is 6.95. The number of methoxy groups -OCH3 is 1. The van der Waals surface area contributed by atoms with Crippen molar-refractivity contribution in [3.63, 3.8) is 0 Å². The van der Waals surface area contributed by atoms with Crippen molar-refractivity contribution >= 4 is 17.9 Å². The fourth-order valence-corrected chi connectivity index (χ4v) is 3.25. The molecule has 3 rings (SSSR count). The molecule has 0 bridgehead atoms. The van der Waals surface area contributed by atoms with Crippen LogP contribution in [0.3, 0.4) is 0 Å². The van der Waals surface area contributed by atoms with Gasteiger partial charge < -0.3 is 18.8 Å². The lowest BCUT2D eigenvalue weighted by atomic mass is 10.0. The van der Waals surface area contributed by atoms with Gasteiger partial charge in [0.2, 0.25) is 5.78 Å². The molecule has 0 N–H and O–H groups in total. The second kappa shape index (κ2) is 8.29. The van der Waals surface area contributed by atoms with E-state index in [9.17, 15) is 14.4 Å². The first kappa shape index (κ1) is 19.7. The largest absolute Gasteiger partial charge is 0.511 e. The minimum Gasteiger partial charge on any atom is -0.438 e. The van der Waals surface area contributed by atoms with E-state index >= 15 is 0 Å². The van der Waals surface area contributed by atoms with Crippen molar-refractivity contribution in [2.75, 3.05) is 7.11 Å². The summed E-state index contributed by atoms with van der Waals surface area (Å²) < 4.78 is 16.8. The number of ketones is 1. The van der Waals surface area contributed by atoms with E-state index < -0.39 is 24.3 Å². The van der Waals surface area contributed by atoms with Gasteiger partial charge in [-0.1, -0.05) is 44.2 Å². The van der Waals surface area contributed by atoms with Gasteiger partial charge in [-0.25, -0.2) is 4.79 Å². The maximum atomic E-state index is 12.8. The summed E-state index contributed by atoms with van der Waals surface area (Å²) in [6.45, 7) is 4.09. The zero-order valence-electron chi connectivity index (χ0n) is 16.1. The van der Waals surface area contributed by atoms with E-state index in [2.05, 4.69) is 4.74 Å². The average Bonchev–Trinajstić information content (AvgIpc) is 3.29. The van der Waals surface area contributed by atoms with Crippen LogP contribution >= 0.6 is 0 Å². The molecular weight excluding hydrogens is 362 g/mol. The van der Waals surface area contributed by atoms with Gasteiger partial charge in [-0.3, -0.25) is 9.59 Å². The summed E-state index contributed by atoms with van der Waals surface area (Å²) >= 11 is 0. The molecular formula is C21H23NO6. The molecule has 0 amide bonds. The Morgan fingerprint density at radius 1 is 1.04 bits per heavy atom. The van der Waals surface area contributed by atoms with Crippen molar-refractivity contribution in [1.29, 1.82) is 0 Å². The van der Waals surface area contributed by atoms with E-state index in [4.69, 9.17) is 9.47 Å². The number of carbonyl (C=O) groups excluding carboxylic acids is 3. The summed E-state index contributed by atoms with van der Waals surface area (Å²) in [5.41, 5.74) is 1.87. The first-order valence-electron chi connectivity index (χ1n) is 9.16. The number of fused-ring (bicyclic) bond motifs is 1. The van der Waals surface area contributed by atoms with E-state index in [-0.39, 0.29) is 11.7 Å². The number of carbonyl (C=O) groups is 3. The maximum Gasteiger partial charge on any atom is 0.511 e. The highest BCUT2D eigenvalue weighted by atomic mass is 16.8. The van der Waals surface area contributed by atoms with Crippen molar-refractivity contribution < 1.29 is 28.6 Å². The minimum atomic E-state index is -1.03. The number of ether oxygens (including phenoxy) is 3. The maximum absolute atomic E-state index is 12.8. The fourth-order valence-electron chi connectivity index (χ4n) is 3.25. The summed E-state index contributed by atoms with van der Waals surface area (Å²) in [6, 6.07) is 12.5. The Kier molecular flexibility index (Phi) is 5.82. The molecule has 148 valence electrons. The van der Waals surface area contributed by atoms with Gasteiger partial charge in [0.25, 0.3) is 6.29 Å². The zero-order chi connectivity index (χ0) is 20.3. The molecule has 2 aromatic rings. The molecule has 1 aliphatic heterocycles. The van der Waals surface area contributed by atoms with Crippen LogP contribution in [-0.2, 0) is 25.5 Å². The van der Waals surface area contributed by atoms with Crippen LogP contribution in [0.25, 0.3) is 0 Å². The molecule has 7 heteroatoms. The van der Waals surface area contributed by atoms with Gasteiger partial charge in [0.1, 0.15) is 0 Å². The van der Waals surface area contributed by atoms with Gasteiger partial charge in [0.15, 0.2) is 0 Å². The van der Waals surface area contributed by atoms with Gasteiger partial charge in [-0.05, 0) is 18.6 Å². The molecule has 0 radical (unpaired) electrons. The fraction of sp³-hybridized carbons (Fsp3) is 0.381. The monoisotopic (exact) mass is 385 g/mol. The first-order valence-corrected chi connectivity index (χ1v) is 9.16. The predicted octanol–water partition coefficient (Wildman–Crippen LogP) is 3.51. The molecule has 0 saturated heterocycles. The van der Waals surface area contributed by atoms with Crippen molar-refractivity contribution in [2.24, 2.45) is 5.92 Å². The van der Waals surface area contributed by atoms with Crippen LogP contribution in [-0.4, -0.2) is 35.9 Å². The third-order valence-corrected chi connectivity index (χ3v) is 4.72. The number of hydrogen-bond donors (Lipinski definition) is 0. The number of rotatable bonds is 6. The van der Waals surface area contributed by atoms with Gasteiger partial charge in [0.05, 0.1) is 18.7 Å². The number of benzene rings is 1. The molecule has 1 aliphatic rings. The van der Waals surface area contributed by atoms with Crippen LogP contribution in [0.5, 0.6) is 0 Å². The van der Waals surface area contributed by atoms with Crippen molar-refractivity contribution in [2.45, 2.75) is 39.0 Å². The second-order valence-electron chi connectivity index (χ2n) is 6.95. The number of nitrogens with zero attached hydrogens (tertiary/aromatic N) is 1. The third kappa shape index (κ3) is 3.93. The smallest absolute Gasteiger partial charge is 0.438 e. The molecule has 2 heterocycles. The highest BCUT2D eigenvalue weighted by Gasteiger charge is 2.35. The molecule has 1 aromatic heterocycles. The van der Waals surface area contributed by atoms with Crippen LogP contribution in [0, 0.1) is 5.92 Å². The first-order chi connectivity index (χ1) is 13.4. The Balaban J connectivity index is 1.76. The van der Waals surface area contributed by atoms with Crippen LogP contribution in [0.2, 0.25) is 0 Å². The van der Waals surface area contributed by atoms with E-state index in [0.29, 0.717) is 24.2 Å². The van der Waals surface area contributed by atoms with Crippen LogP contribution < -0.4 is 0 Å². The van der Waals surface area contributed by atoms with Crippen molar-refractivity contribution in [3.05, 3.63) is 59.4 Å². The molecule has 7 nitrogen and oxygen atoms in total. The lowest BCUT2D eigenvalue weighted by Crippen LogP contribution is -2.31. The van der Waals surface area contributed by atoms with Crippen molar-refractivity contribution in [3.8, 4) is 0 Å². The van der Waals surface area contributed by atoms with Crippen LogP contribution in [0.1, 0.15) is 47.9 Å². The summed E-state index contributed by atoms with van der Waals surface area (Å²) in [5, 5.41) is 0. The Morgan fingerprint density at radius 2 is 1.75 bits per heavy atom. The van der Waals surface area contributed by atoms with Gasteiger partial charge in [-0.15, -0.1) is 0 Å². The average molecular weight is 385 g/mol. The van der Waals surface area contributed by atoms with Crippen molar-refractivity contribution in [1.82, 2.24) is 4.57 Å². The predicted molar refractivity (Wildman–Crippen MR) is 99.9 cm³/mol. The highest BCUT2D eigenvalue weighted by molar-refractivity contribution is 6.08. The molecule has 0 spiro atoms. The van der Waals surface area contributed by atoms with Crippen LogP contribution in [0.4, 0.5) is 4.79 Å². The normalized spacial score (nSPS) is 16.4. The molecule has 2 atom stereocenters. The third-order valence-electron chi connectivity index (χ3n) is 4.72. The molecule has 2 unspecified atom stereocenters. The lowest BCUT2D eigenvalue weighted by Gasteiger charge is -2.22. The summed E-state index contributed by atoms with van der Waals surface area (Å²) in [4.78, 5) is 36.8. The van der Waals surface area contributed by atoms with E-state index in [1.807, 2.05) is 22.8 Å². The minimum absolute atomic E-state index is 0.0880. The molecule has 1 aromatic carbocycles. The van der Waals surface area contributed by atoms with Gasteiger partial charge in [-0.2, -0.15) is 0 Å². The van der Waals surface area contributed by atoms with E-state index in [0.717, 1.165) is 5.69 Å². The topological polar surface area (TPSA) is 83.8 Å². The standard InChI is InChI=1S/C21H23NO6/c1-13(2)20(28-21(25)26-3)27-19(24)15-11-12-22-16(15)9-10-17(22)18(23)14-7-5-4-6-8-14/h4-10,13,15,20H,11-12H2,1-3H3. The number of hydrogen-bond acceptors (Lipinski definition) is 6. The summed E-state index contributed by atoms with van der Waals surface area (Å²) in [6.07, 6.45) is -1.42. The SMILES string of the molecule is COC(=O)OC(OC(=O)C1CCn2c(C(=O)c3ccccc3)ccc21)C(C)C. The lowest BCUT2D eigenvalue weighted by molar-refractivity contribution is -0.180. The van der Waals surface area contributed by atoms with E-state index in [1.165, 1.54) is 7.11 Å². The van der Waals surface area contributed by atoms with Gasteiger partial charge >= 0.3 is 12.1 Å². The Labute approximate surface area is 163 Å². The zero-order valence-corrected chi connectivity index (χ0v) is 16.1. The molecule has 28 heavy (non-hydrogen) atoms. The van der Waals surface area contributed by atoms with Crippen LogP contribution in [0.15, 0.2) is 42.5 Å². The molecule has 0 fully saturated rings. The Hall–Kier alpha value is -3.09. The highest BCUT2D eigenvalue weighted by Crippen LogP contribution is 2.33. The molecule has 0 saturated carbocycles. The molecule has 0 aliphatic carbocycles. The van der Waals surface area contributed by atoms with E-state index in [1.54, 1.807) is 38.1 Å². The van der Waals surface area contributed by atoms with Gasteiger partial charge in [0, 0.05) is 23.7 Å².